The third kappa shape index (κ3) is 6.90. The normalized spacial score (nSPS) is 22.6. The molecular weight excluding hydrogens is 523 g/mol. The van der Waals surface area contributed by atoms with E-state index in [1.165, 1.54) is 12.1 Å². The van der Waals surface area contributed by atoms with Gasteiger partial charge in [-0.1, -0.05) is 29.4 Å². The molecule has 0 aliphatic carbocycles. The molecule has 3 aliphatic heterocycles. The standard InChI is InChI=1S/C32H37FN4O4/c1-35-19-16-28(34-41-32(40)25-7-3-2-4-8-25)27-15-22-37(29(27)31(35)39)18-6-5-17-36-20-13-24(14-21-36)30(38)23-9-11-26(33)12-10-23/h2-4,7-12,15,22,24,27,29H,5-6,13-14,16-21H2,1H3/b34-28-. The zero-order valence-electron chi connectivity index (χ0n) is 23.5. The molecule has 1 amide bonds. The van der Waals surface area contributed by atoms with E-state index >= 15 is 0 Å². The molecule has 216 valence electrons. The van der Waals surface area contributed by atoms with Gasteiger partial charge in [0.15, 0.2) is 5.78 Å². The van der Waals surface area contributed by atoms with Gasteiger partial charge in [-0.25, -0.2) is 9.18 Å². The number of piperidine rings is 1. The van der Waals surface area contributed by atoms with Gasteiger partial charge in [-0.2, -0.15) is 0 Å². The van der Waals surface area contributed by atoms with Crippen LogP contribution in [0.1, 0.15) is 52.8 Å². The van der Waals surface area contributed by atoms with Gasteiger partial charge < -0.3 is 19.5 Å². The Morgan fingerprint density at radius 3 is 2.39 bits per heavy atom. The minimum atomic E-state index is -0.513. The van der Waals surface area contributed by atoms with Gasteiger partial charge in [-0.15, -0.1) is 0 Å². The number of likely N-dealkylation sites (N-methyl/N-ethyl adjacent to an activating group) is 1. The highest BCUT2D eigenvalue weighted by atomic mass is 19.1. The molecular formula is C32H37FN4O4. The van der Waals surface area contributed by atoms with Crippen molar-refractivity contribution in [2.45, 2.75) is 38.1 Å². The minimum absolute atomic E-state index is 0.00977. The maximum absolute atomic E-state index is 13.3. The SMILES string of the molecule is CN1CC/C(=N/OC(=O)c2ccccc2)C2C=CN(CCCCN3CCC(C(=O)c4ccc(F)cc4)CC3)C2C1=O. The van der Waals surface area contributed by atoms with E-state index in [4.69, 9.17) is 4.84 Å². The number of carbonyl (C=O) groups excluding carboxylic acids is 3. The Bertz CT molecular complexity index is 1290. The van der Waals surface area contributed by atoms with Crippen molar-refractivity contribution >= 4 is 23.4 Å². The Balaban J connectivity index is 1.09. The number of oxime groups is 1. The molecule has 3 heterocycles. The Morgan fingerprint density at radius 2 is 1.66 bits per heavy atom. The van der Waals surface area contributed by atoms with E-state index in [9.17, 15) is 18.8 Å². The lowest BCUT2D eigenvalue weighted by Gasteiger charge is -2.32. The highest BCUT2D eigenvalue weighted by Gasteiger charge is 2.42. The third-order valence-electron chi connectivity index (χ3n) is 8.38. The topological polar surface area (TPSA) is 82.5 Å². The molecule has 2 atom stereocenters. The van der Waals surface area contributed by atoms with E-state index in [-0.39, 0.29) is 35.4 Å². The van der Waals surface area contributed by atoms with Crippen LogP contribution in [0.3, 0.4) is 0 Å². The maximum atomic E-state index is 13.3. The van der Waals surface area contributed by atoms with Crippen LogP contribution in [0.15, 0.2) is 72.0 Å². The number of carbonyl (C=O) groups is 3. The van der Waals surface area contributed by atoms with E-state index in [1.54, 1.807) is 48.3 Å². The number of benzene rings is 2. The molecule has 2 aromatic rings. The van der Waals surface area contributed by atoms with Crippen LogP contribution in [0.5, 0.6) is 0 Å². The Labute approximate surface area is 240 Å². The fraction of sp³-hybridized carbons (Fsp3) is 0.438. The average Bonchev–Trinajstić information content (AvgIpc) is 3.38. The highest BCUT2D eigenvalue weighted by Crippen LogP contribution is 2.29. The largest absolute Gasteiger partial charge is 0.365 e. The molecule has 0 spiro atoms. The van der Waals surface area contributed by atoms with Crippen molar-refractivity contribution in [3.8, 4) is 0 Å². The number of likely N-dealkylation sites (tertiary alicyclic amines) is 2. The van der Waals surface area contributed by atoms with E-state index in [1.807, 2.05) is 18.3 Å². The quantitative estimate of drug-likeness (QED) is 0.196. The predicted molar refractivity (Wildman–Crippen MR) is 154 cm³/mol. The van der Waals surface area contributed by atoms with Gasteiger partial charge in [-0.3, -0.25) is 9.59 Å². The van der Waals surface area contributed by atoms with E-state index in [0.29, 0.717) is 29.8 Å². The summed E-state index contributed by atoms with van der Waals surface area (Å²) in [6.45, 7) is 3.95. The zero-order chi connectivity index (χ0) is 28.8. The third-order valence-corrected chi connectivity index (χ3v) is 8.38. The fourth-order valence-electron chi connectivity index (χ4n) is 5.93. The predicted octanol–water partition coefficient (Wildman–Crippen LogP) is 4.39. The molecule has 0 bridgehead atoms. The number of rotatable bonds is 9. The maximum Gasteiger partial charge on any atom is 0.365 e. The molecule has 0 N–H and O–H groups in total. The molecule has 3 aliphatic rings. The van der Waals surface area contributed by atoms with Crippen molar-refractivity contribution < 1.29 is 23.6 Å². The number of hydrogen-bond donors (Lipinski definition) is 0. The molecule has 8 nitrogen and oxygen atoms in total. The number of fused-ring (bicyclic) bond motifs is 1. The summed E-state index contributed by atoms with van der Waals surface area (Å²) in [5.74, 6) is -0.924. The molecule has 9 heteroatoms. The number of ketones is 1. The molecule has 0 aromatic heterocycles. The summed E-state index contributed by atoms with van der Waals surface area (Å²) in [4.78, 5) is 49.9. The number of hydrogen-bond acceptors (Lipinski definition) is 7. The number of amides is 1. The van der Waals surface area contributed by atoms with Crippen LogP contribution in [0.25, 0.3) is 0 Å². The second kappa shape index (κ2) is 13.2. The van der Waals surface area contributed by atoms with E-state index < -0.39 is 5.97 Å². The van der Waals surface area contributed by atoms with Crippen LogP contribution in [-0.2, 0) is 9.63 Å². The summed E-state index contributed by atoms with van der Waals surface area (Å²) in [7, 11) is 1.80. The summed E-state index contributed by atoms with van der Waals surface area (Å²) in [6, 6.07) is 14.2. The highest BCUT2D eigenvalue weighted by molar-refractivity contribution is 5.99. The average molecular weight is 561 g/mol. The van der Waals surface area contributed by atoms with Gasteiger partial charge in [0.25, 0.3) is 0 Å². The molecule has 41 heavy (non-hydrogen) atoms. The molecule has 2 fully saturated rings. The molecule has 2 unspecified atom stereocenters. The summed E-state index contributed by atoms with van der Waals surface area (Å²) in [6.07, 6.45) is 8.06. The van der Waals surface area contributed by atoms with Gasteiger partial charge >= 0.3 is 5.97 Å². The second-order valence-corrected chi connectivity index (χ2v) is 11.1. The molecule has 0 saturated carbocycles. The van der Waals surface area contributed by atoms with Crippen LogP contribution < -0.4 is 0 Å². The monoisotopic (exact) mass is 560 g/mol. The Kier molecular flexibility index (Phi) is 9.24. The first kappa shape index (κ1) is 28.7. The van der Waals surface area contributed by atoms with E-state index in [2.05, 4.69) is 15.0 Å². The Hall–Kier alpha value is -3.85. The minimum Gasteiger partial charge on any atom is -0.365 e. The lowest BCUT2D eigenvalue weighted by atomic mass is 9.89. The number of unbranched alkanes of at least 4 members (excludes halogenated alkanes) is 1. The molecule has 5 rings (SSSR count). The van der Waals surface area contributed by atoms with Gasteiger partial charge in [0.05, 0.1) is 11.3 Å². The van der Waals surface area contributed by atoms with Gasteiger partial charge in [0.1, 0.15) is 11.9 Å². The smallest absolute Gasteiger partial charge is 0.365 e. The van der Waals surface area contributed by atoms with Gasteiger partial charge in [-0.05, 0) is 87.9 Å². The summed E-state index contributed by atoms with van der Waals surface area (Å²) in [5.41, 5.74) is 1.72. The number of halogens is 1. The Morgan fingerprint density at radius 1 is 0.951 bits per heavy atom. The van der Waals surface area contributed by atoms with Crippen molar-refractivity contribution in [3.63, 3.8) is 0 Å². The van der Waals surface area contributed by atoms with Gasteiger partial charge in [0.2, 0.25) is 5.91 Å². The zero-order valence-corrected chi connectivity index (χ0v) is 23.5. The first-order chi connectivity index (χ1) is 19.9. The summed E-state index contributed by atoms with van der Waals surface area (Å²) in [5, 5.41) is 4.23. The van der Waals surface area contributed by atoms with Crippen LogP contribution in [0.4, 0.5) is 4.39 Å². The lowest BCUT2D eigenvalue weighted by Crippen LogP contribution is -2.46. The van der Waals surface area contributed by atoms with Crippen molar-refractivity contribution in [3.05, 3.63) is 83.8 Å². The van der Waals surface area contributed by atoms with Crippen molar-refractivity contribution in [2.24, 2.45) is 17.0 Å². The first-order valence-corrected chi connectivity index (χ1v) is 14.4. The summed E-state index contributed by atoms with van der Waals surface area (Å²) < 4.78 is 13.2. The first-order valence-electron chi connectivity index (χ1n) is 14.4. The lowest BCUT2D eigenvalue weighted by molar-refractivity contribution is -0.134. The van der Waals surface area contributed by atoms with E-state index in [0.717, 1.165) is 51.9 Å². The van der Waals surface area contributed by atoms with Crippen molar-refractivity contribution in [1.29, 1.82) is 0 Å². The molecule has 2 aromatic carbocycles. The van der Waals surface area contributed by atoms with Crippen LogP contribution in [0, 0.1) is 17.7 Å². The second-order valence-electron chi connectivity index (χ2n) is 11.1. The molecule has 0 radical (unpaired) electrons. The van der Waals surface area contributed by atoms with Crippen LogP contribution in [-0.4, -0.2) is 83.9 Å². The summed E-state index contributed by atoms with van der Waals surface area (Å²) >= 11 is 0. The van der Waals surface area contributed by atoms with Crippen LogP contribution >= 0.6 is 0 Å². The van der Waals surface area contributed by atoms with Crippen molar-refractivity contribution in [2.75, 3.05) is 39.8 Å². The van der Waals surface area contributed by atoms with Crippen LogP contribution in [0.2, 0.25) is 0 Å². The van der Waals surface area contributed by atoms with Gasteiger partial charge in [0, 0.05) is 44.0 Å². The number of Topliss-reactive ketones (excluding diaryl/α,β-unsaturated/α-hetero) is 1. The van der Waals surface area contributed by atoms with Crippen molar-refractivity contribution in [1.82, 2.24) is 14.7 Å². The number of nitrogens with zero attached hydrogens (tertiary/aromatic N) is 4. The fourth-order valence-corrected chi connectivity index (χ4v) is 5.93. The molecule has 2 saturated heterocycles.